The Morgan fingerprint density at radius 1 is 1.20 bits per heavy atom. The number of anilines is 1. The molecule has 1 amide bonds. The average molecular weight is 383 g/mol. The fourth-order valence-electron chi connectivity index (χ4n) is 2.06. The Morgan fingerprint density at radius 2 is 2.00 bits per heavy atom. The molecule has 0 atom stereocenters. The maximum Gasteiger partial charge on any atom is 0.257 e. The lowest BCUT2D eigenvalue weighted by atomic mass is 10.2. The summed E-state index contributed by atoms with van der Waals surface area (Å²) < 4.78 is 27.0. The summed E-state index contributed by atoms with van der Waals surface area (Å²) in [4.78, 5) is 12.4. The predicted molar refractivity (Wildman–Crippen MR) is 98.4 cm³/mol. The molecule has 0 radical (unpaired) electrons. The number of rotatable bonds is 9. The van der Waals surface area contributed by atoms with Crippen LogP contribution >= 0.6 is 11.3 Å². The lowest BCUT2D eigenvalue weighted by Gasteiger charge is -2.08. The van der Waals surface area contributed by atoms with Crippen LogP contribution in [0.2, 0.25) is 0 Å². The molecule has 0 saturated carbocycles. The second-order valence-electron chi connectivity index (χ2n) is 5.48. The zero-order valence-corrected chi connectivity index (χ0v) is 15.9. The molecule has 2 rings (SSSR count). The summed E-state index contributed by atoms with van der Waals surface area (Å²) in [6, 6.07) is 5.94. The van der Waals surface area contributed by atoms with E-state index in [1.807, 2.05) is 13.8 Å². The van der Waals surface area contributed by atoms with Gasteiger partial charge in [-0.15, -0.1) is 10.2 Å². The van der Waals surface area contributed by atoms with Crippen LogP contribution in [0, 0.1) is 0 Å². The Balaban J connectivity index is 2.10. The summed E-state index contributed by atoms with van der Waals surface area (Å²) >= 11 is 1.32. The molecule has 2 aromatic rings. The van der Waals surface area contributed by atoms with E-state index in [0.717, 1.165) is 30.7 Å². The zero-order chi connectivity index (χ0) is 18.3. The maximum atomic E-state index is 12.3. The lowest BCUT2D eigenvalue weighted by Crippen LogP contribution is -2.25. The van der Waals surface area contributed by atoms with Crippen molar-refractivity contribution in [3.05, 3.63) is 34.8 Å². The number of sulfonamides is 1. The van der Waals surface area contributed by atoms with E-state index in [9.17, 15) is 13.2 Å². The highest BCUT2D eigenvalue weighted by molar-refractivity contribution is 7.89. The summed E-state index contributed by atoms with van der Waals surface area (Å²) in [5, 5.41) is 11.8. The highest BCUT2D eigenvalue weighted by atomic mass is 32.2. The van der Waals surface area contributed by atoms with E-state index in [1.165, 1.54) is 23.5 Å². The van der Waals surface area contributed by atoms with Gasteiger partial charge in [0.25, 0.3) is 5.91 Å². The zero-order valence-electron chi connectivity index (χ0n) is 14.3. The normalized spacial score (nSPS) is 11.4. The van der Waals surface area contributed by atoms with Crippen LogP contribution in [-0.2, 0) is 16.4 Å². The first-order chi connectivity index (χ1) is 12.0. The van der Waals surface area contributed by atoms with Gasteiger partial charge in [-0.3, -0.25) is 10.1 Å². The molecule has 0 unspecified atom stereocenters. The van der Waals surface area contributed by atoms with Crippen LogP contribution in [0.25, 0.3) is 0 Å². The van der Waals surface area contributed by atoms with Crippen molar-refractivity contribution in [3.8, 4) is 0 Å². The second-order valence-corrected chi connectivity index (χ2v) is 8.31. The number of aryl methyl sites for hydroxylation is 1. The molecule has 1 heterocycles. The Morgan fingerprint density at radius 3 is 2.72 bits per heavy atom. The molecule has 0 spiro atoms. The third kappa shape index (κ3) is 5.58. The average Bonchev–Trinajstić information content (AvgIpc) is 3.02. The Labute approximate surface area is 151 Å². The van der Waals surface area contributed by atoms with Gasteiger partial charge in [-0.1, -0.05) is 37.7 Å². The number of nitrogens with zero attached hydrogens (tertiary/aromatic N) is 2. The van der Waals surface area contributed by atoms with Gasteiger partial charge in [0, 0.05) is 18.5 Å². The third-order valence-electron chi connectivity index (χ3n) is 3.38. The molecular weight excluding hydrogens is 360 g/mol. The fraction of sp³-hybridized carbons (Fsp3) is 0.438. The largest absolute Gasteiger partial charge is 0.296 e. The molecule has 9 heteroatoms. The van der Waals surface area contributed by atoms with Gasteiger partial charge in [-0.25, -0.2) is 13.1 Å². The monoisotopic (exact) mass is 382 g/mol. The fourth-order valence-corrected chi connectivity index (χ4v) is 4.02. The molecule has 7 nitrogen and oxygen atoms in total. The molecule has 0 aliphatic heterocycles. The van der Waals surface area contributed by atoms with Crippen molar-refractivity contribution >= 4 is 32.4 Å². The number of nitrogens with one attached hydrogen (secondary N) is 2. The van der Waals surface area contributed by atoms with E-state index in [2.05, 4.69) is 20.2 Å². The molecule has 0 saturated heterocycles. The highest BCUT2D eigenvalue weighted by Gasteiger charge is 2.16. The Bertz CT molecular complexity index is 818. The predicted octanol–water partition coefficient (Wildman–Crippen LogP) is 2.82. The van der Waals surface area contributed by atoms with Crippen molar-refractivity contribution in [1.29, 1.82) is 0 Å². The van der Waals surface area contributed by atoms with Crippen molar-refractivity contribution in [2.24, 2.45) is 0 Å². The summed E-state index contributed by atoms with van der Waals surface area (Å²) in [6.45, 7) is 4.40. The summed E-state index contributed by atoms with van der Waals surface area (Å²) in [6.07, 6.45) is 3.42. The van der Waals surface area contributed by atoms with E-state index in [0.29, 0.717) is 11.7 Å². The van der Waals surface area contributed by atoms with Crippen LogP contribution in [0.3, 0.4) is 0 Å². The van der Waals surface area contributed by atoms with Gasteiger partial charge in [0.05, 0.1) is 4.90 Å². The first kappa shape index (κ1) is 19.5. The number of hydrogen-bond donors (Lipinski definition) is 2. The first-order valence-electron chi connectivity index (χ1n) is 8.19. The third-order valence-corrected chi connectivity index (χ3v) is 5.74. The summed E-state index contributed by atoms with van der Waals surface area (Å²) in [5.41, 5.74) is 0.255. The van der Waals surface area contributed by atoms with Gasteiger partial charge in [-0.2, -0.15) is 0 Å². The van der Waals surface area contributed by atoms with Crippen molar-refractivity contribution in [1.82, 2.24) is 14.9 Å². The van der Waals surface area contributed by atoms with E-state index < -0.39 is 15.9 Å². The highest BCUT2D eigenvalue weighted by Crippen LogP contribution is 2.18. The van der Waals surface area contributed by atoms with Gasteiger partial charge in [-0.05, 0) is 31.0 Å². The smallest absolute Gasteiger partial charge is 0.257 e. The molecule has 0 fully saturated rings. The van der Waals surface area contributed by atoms with Crippen LogP contribution in [0.5, 0.6) is 0 Å². The van der Waals surface area contributed by atoms with E-state index in [1.54, 1.807) is 12.1 Å². The Hall–Kier alpha value is -1.84. The minimum Gasteiger partial charge on any atom is -0.296 e. The molecule has 0 bridgehead atoms. The number of carbonyl (C=O) groups excluding carboxylic acids is 1. The molecule has 2 N–H and O–H groups in total. The number of hydrogen-bond acceptors (Lipinski definition) is 6. The number of unbranched alkanes of at least 4 members (excludes halogenated alkanes) is 1. The summed E-state index contributed by atoms with van der Waals surface area (Å²) in [7, 11) is -3.62. The van der Waals surface area contributed by atoms with Crippen molar-refractivity contribution < 1.29 is 13.2 Å². The van der Waals surface area contributed by atoms with Crippen molar-refractivity contribution in [2.75, 3.05) is 11.9 Å². The van der Waals surface area contributed by atoms with Gasteiger partial charge in [0.15, 0.2) is 0 Å². The molecule has 0 aliphatic rings. The number of amides is 1. The van der Waals surface area contributed by atoms with Gasteiger partial charge >= 0.3 is 0 Å². The van der Waals surface area contributed by atoms with Crippen LogP contribution in [0.4, 0.5) is 5.13 Å². The Kier molecular flexibility index (Phi) is 7.03. The quantitative estimate of drug-likeness (QED) is 0.650. The minimum absolute atomic E-state index is 0.0696. The first-order valence-corrected chi connectivity index (χ1v) is 10.5. The van der Waals surface area contributed by atoms with Crippen LogP contribution in [0.1, 0.15) is 48.5 Å². The van der Waals surface area contributed by atoms with Crippen LogP contribution in [-0.4, -0.2) is 31.1 Å². The van der Waals surface area contributed by atoms with Gasteiger partial charge in [0.2, 0.25) is 15.2 Å². The van der Waals surface area contributed by atoms with Crippen LogP contribution in [0.15, 0.2) is 29.2 Å². The number of aromatic nitrogens is 2. The molecule has 0 aliphatic carbocycles. The summed E-state index contributed by atoms with van der Waals surface area (Å²) in [5.74, 6) is -0.412. The van der Waals surface area contributed by atoms with Crippen molar-refractivity contribution in [3.63, 3.8) is 0 Å². The molecule has 1 aromatic heterocycles. The van der Waals surface area contributed by atoms with E-state index >= 15 is 0 Å². The second kappa shape index (κ2) is 9.02. The topological polar surface area (TPSA) is 101 Å². The molecular formula is C16H22N4O3S2. The van der Waals surface area contributed by atoms with E-state index in [4.69, 9.17) is 0 Å². The van der Waals surface area contributed by atoms with E-state index in [-0.39, 0.29) is 10.5 Å². The van der Waals surface area contributed by atoms with Gasteiger partial charge in [0.1, 0.15) is 5.01 Å². The van der Waals surface area contributed by atoms with Crippen molar-refractivity contribution in [2.45, 2.75) is 44.4 Å². The molecule has 136 valence electrons. The minimum atomic E-state index is -3.62. The maximum absolute atomic E-state index is 12.3. The lowest BCUT2D eigenvalue weighted by molar-refractivity contribution is 0.102. The standard InChI is InChI=1S/C16H22N4O3S2/c1-3-5-10-17-25(22,23)13-9-6-8-12(11-13)15(21)18-16-20-19-14(24-16)7-4-2/h6,8-9,11,17H,3-5,7,10H2,1-2H3,(H,18,20,21). The molecule has 1 aromatic carbocycles. The molecule has 25 heavy (non-hydrogen) atoms. The number of benzene rings is 1. The SMILES string of the molecule is CCCCNS(=O)(=O)c1cccc(C(=O)Nc2nnc(CCC)s2)c1. The van der Waals surface area contributed by atoms with Gasteiger partial charge < -0.3 is 0 Å². The van der Waals surface area contributed by atoms with Crippen LogP contribution < -0.4 is 10.0 Å². The number of carbonyl (C=O) groups is 1.